The molecule has 1 heterocycles. The monoisotopic (exact) mass is 283 g/mol. The number of aromatic nitrogens is 2. The van der Waals surface area contributed by atoms with Gasteiger partial charge in [0, 0.05) is 13.2 Å². The number of nitrogens with two attached hydrogens (primary N) is 2. The number of rotatable bonds is 3. The summed E-state index contributed by atoms with van der Waals surface area (Å²) in [6, 6.07) is 1.43. The van der Waals surface area contributed by atoms with E-state index in [9.17, 15) is 4.39 Å². The fraction of sp³-hybridized carbons (Fsp3) is 0.250. The normalized spacial score (nSPS) is 10.7. The molecular formula is C12H15ClFN5. The second-order valence-corrected chi connectivity index (χ2v) is 4.58. The van der Waals surface area contributed by atoms with Crippen LogP contribution in [-0.4, -0.2) is 9.78 Å². The predicted octanol–water partition coefficient (Wildman–Crippen LogP) is 2.68. The molecule has 0 unspecified atom stereocenters. The van der Waals surface area contributed by atoms with Crippen LogP contribution in [0.4, 0.5) is 27.1 Å². The van der Waals surface area contributed by atoms with Gasteiger partial charge < -0.3 is 16.8 Å². The van der Waals surface area contributed by atoms with Gasteiger partial charge in [-0.05, 0) is 12.5 Å². The van der Waals surface area contributed by atoms with E-state index >= 15 is 0 Å². The molecule has 0 bridgehead atoms. The van der Waals surface area contributed by atoms with E-state index in [4.69, 9.17) is 23.1 Å². The van der Waals surface area contributed by atoms with Crippen molar-refractivity contribution in [1.29, 1.82) is 0 Å². The molecule has 0 fully saturated rings. The summed E-state index contributed by atoms with van der Waals surface area (Å²) >= 11 is 5.78. The van der Waals surface area contributed by atoms with Crippen molar-refractivity contribution in [3.05, 3.63) is 28.8 Å². The number of nitrogens with zero attached hydrogens (tertiary/aromatic N) is 2. The maximum atomic E-state index is 14.1. The highest BCUT2D eigenvalue weighted by Crippen LogP contribution is 2.35. The number of anilines is 4. The van der Waals surface area contributed by atoms with Gasteiger partial charge in [-0.15, -0.1) is 0 Å². The third-order valence-electron chi connectivity index (χ3n) is 2.77. The highest BCUT2D eigenvalue weighted by molar-refractivity contribution is 6.33. The standard InChI is InChI=1S/C12H15ClFN5/c1-3-8-9(5-19(2)18-8)17-12-7(16)4-6(15)10(13)11(12)14/h4-5,17H,3,15-16H2,1-2H3. The first-order chi connectivity index (χ1) is 8.93. The first-order valence-corrected chi connectivity index (χ1v) is 6.14. The van der Waals surface area contributed by atoms with Gasteiger partial charge in [0.15, 0.2) is 5.82 Å². The van der Waals surface area contributed by atoms with Gasteiger partial charge in [0.2, 0.25) is 0 Å². The lowest BCUT2D eigenvalue weighted by molar-refractivity contribution is 0.633. The third-order valence-corrected chi connectivity index (χ3v) is 3.15. The summed E-state index contributed by atoms with van der Waals surface area (Å²) in [5.74, 6) is -0.662. The molecule has 1 aromatic carbocycles. The maximum absolute atomic E-state index is 14.1. The van der Waals surface area contributed by atoms with E-state index in [1.165, 1.54) is 6.07 Å². The average Bonchev–Trinajstić information content (AvgIpc) is 2.72. The van der Waals surface area contributed by atoms with Gasteiger partial charge in [0.25, 0.3) is 0 Å². The van der Waals surface area contributed by atoms with Crippen LogP contribution in [0, 0.1) is 5.82 Å². The van der Waals surface area contributed by atoms with Crippen molar-refractivity contribution < 1.29 is 4.39 Å². The van der Waals surface area contributed by atoms with Crippen molar-refractivity contribution in [2.75, 3.05) is 16.8 Å². The molecule has 0 saturated carbocycles. The fourth-order valence-corrected chi connectivity index (χ4v) is 1.98. The number of nitrogens with one attached hydrogen (secondary N) is 1. The minimum atomic E-state index is -0.662. The molecule has 0 saturated heterocycles. The second-order valence-electron chi connectivity index (χ2n) is 4.20. The Morgan fingerprint density at radius 1 is 1.42 bits per heavy atom. The zero-order valence-corrected chi connectivity index (χ0v) is 11.4. The van der Waals surface area contributed by atoms with Crippen LogP contribution >= 0.6 is 11.6 Å². The maximum Gasteiger partial charge on any atom is 0.169 e. The molecule has 0 amide bonds. The van der Waals surface area contributed by atoms with Crippen LogP contribution in [0.5, 0.6) is 0 Å². The molecule has 2 aromatic rings. The van der Waals surface area contributed by atoms with Crippen LogP contribution < -0.4 is 16.8 Å². The fourth-order valence-electron chi connectivity index (χ4n) is 1.83. The summed E-state index contributed by atoms with van der Waals surface area (Å²) in [7, 11) is 1.79. The Morgan fingerprint density at radius 2 is 2.11 bits per heavy atom. The van der Waals surface area contributed by atoms with Crippen molar-refractivity contribution in [3.8, 4) is 0 Å². The molecule has 2 rings (SSSR count). The molecule has 5 N–H and O–H groups in total. The zero-order chi connectivity index (χ0) is 14.2. The van der Waals surface area contributed by atoms with Crippen molar-refractivity contribution in [3.63, 3.8) is 0 Å². The molecule has 0 atom stereocenters. The number of halogens is 2. The van der Waals surface area contributed by atoms with E-state index in [0.717, 1.165) is 5.69 Å². The van der Waals surface area contributed by atoms with E-state index < -0.39 is 5.82 Å². The van der Waals surface area contributed by atoms with Gasteiger partial charge in [0.05, 0.1) is 28.4 Å². The highest BCUT2D eigenvalue weighted by Gasteiger charge is 2.16. The molecule has 0 radical (unpaired) electrons. The number of hydrogen-bond acceptors (Lipinski definition) is 4. The summed E-state index contributed by atoms with van der Waals surface area (Å²) in [4.78, 5) is 0. The number of aryl methyl sites for hydroxylation is 2. The quantitative estimate of drug-likeness (QED) is 0.757. The van der Waals surface area contributed by atoms with Gasteiger partial charge in [-0.3, -0.25) is 4.68 Å². The first-order valence-electron chi connectivity index (χ1n) is 5.76. The molecule has 0 aliphatic heterocycles. The highest BCUT2D eigenvalue weighted by atomic mass is 35.5. The Kier molecular flexibility index (Phi) is 3.53. The SMILES string of the molecule is CCc1nn(C)cc1Nc1c(N)cc(N)c(Cl)c1F. The molecule has 7 heteroatoms. The molecule has 102 valence electrons. The molecule has 0 spiro atoms. The summed E-state index contributed by atoms with van der Waals surface area (Å²) < 4.78 is 15.7. The van der Waals surface area contributed by atoms with Crippen molar-refractivity contribution in [1.82, 2.24) is 9.78 Å². The van der Waals surface area contributed by atoms with Gasteiger partial charge in [0.1, 0.15) is 5.02 Å². The number of nitrogen functional groups attached to an aromatic ring is 2. The summed E-state index contributed by atoms with van der Waals surface area (Å²) in [5.41, 5.74) is 13.2. The molecule has 1 aromatic heterocycles. The van der Waals surface area contributed by atoms with Crippen LogP contribution in [-0.2, 0) is 13.5 Å². The Balaban J connectivity index is 2.46. The molecule has 5 nitrogen and oxygen atoms in total. The van der Waals surface area contributed by atoms with Gasteiger partial charge in [-0.25, -0.2) is 4.39 Å². The van der Waals surface area contributed by atoms with Gasteiger partial charge >= 0.3 is 0 Å². The van der Waals surface area contributed by atoms with E-state index in [1.54, 1.807) is 17.9 Å². The third kappa shape index (κ3) is 2.44. The van der Waals surface area contributed by atoms with Crippen LogP contribution in [0.3, 0.4) is 0 Å². The molecular weight excluding hydrogens is 269 g/mol. The zero-order valence-electron chi connectivity index (χ0n) is 10.7. The molecule has 19 heavy (non-hydrogen) atoms. The molecule has 0 aliphatic carbocycles. The van der Waals surface area contributed by atoms with E-state index in [1.807, 2.05) is 6.92 Å². The van der Waals surface area contributed by atoms with E-state index in [0.29, 0.717) is 12.1 Å². The first kappa shape index (κ1) is 13.5. The minimum Gasteiger partial charge on any atom is -0.397 e. The smallest absolute Gasteiger partial charge is 0.169 e. The Bertz CT molecular complexity index is 623. The minimum absolute atomic E-state index is 0.113. The van der Waals surface area contributed by atoms with Crippen molar-refractivity contribution >= 4 is 34.4 Å². The number of hydrogen-bond donors (Lipinski definition) is 3. The summed E-state index contributed by atoms with van der Waals surface area (Å²) in [6.07, 6.45) is 2.47. The predicted molar refractivity (Wildman–Crippen MR) is 76.1 cm³/mol. The van der Waals surface area contributed by atoms with E-state index in [-0.39, 0.29) is 22.1 Å². The van der Waals surface area contributed by atoms with Crippen LogP contribution in [0.25, 0.3) is 0 Å². The topological polar surface area (TPSA) is 81.9 Å². The van der Waals surface area contributed by atoms with E-state index in [2.05, 4.69) is 10.4 Å². The molecule has 0 aliphatic rings. The van der Waals surface area contributed by atoms with Gasteiger partial charge in [-0.2, -0.15) is 5.10 Å². The summed E-state index contributed by atoms with van der Waals surface area (Å²) in [5, 5.41) is 7.04. The largest absolute Gasteiger partial charge is 0.397 e. The summed E-state index contributed by atoms with van der Waals surface area (Å²) in [6.45, 7) is 1.96. The number of benzene rings is 1. The van der Waals surface area contributed by atoms with Crippen LogP contribution in [0.15, 0.2) is 12.3 Å². The Labute approximate surface area is 115 Å². The van der Waals surface area contributed by atoms with Crippen LogP contribution in [0.2, 0.25) is 5.02 Å². The van der Waals surface area contributed by atoms with Crippen molar-refractivity contribution in [2.45, 2.75) is 13.3 Å². The van der Waals surface area contributed by atoms with Crippen molar-refractivity contribution in [2.24, 2.45) is 7.05 Å². The Morgan fingerprint density at radius 3 is 2.74 bits per heavy atom. The Hall–Kier alpha value is -1.95. The van der Waals surface area contributed by atoms with Gasteiger partial charge in [-0.1, -0.05) is 18.5 Å². The average molecular weight is 284 g/mol. The second kappa shape index (κ2) is 4.97. The van der Waals surface area contributed by atoms with Crippen LogP contribution in [0.1, 0.15) is 12.6 Å². The lowest BCUT2D eigenvalue weighted by Gasteiger charge is -2.12. The lowest BCUT2D eigenvalue weighted by atomic mass is 10.2. The lowest BCUT2D eigenvalue weighted by Crippen LogP contribution is -2.03.